The Balaban J connectivity index is 1.39. The fraction of sp³-hybridized carbons (Fsp3) is 0.125. The first-order chi connectivity index (χ1) is 12.7. The van der Waals surface area contributed by atoms with Crippen LogP contribution in [-0.4, -0.2) is 36.2 Å². The monoisotopic (exact) mass is 402 g/mol. The molecular weight excluding hydrogens is 388 g/mol. The predicted octanol–water partition coefficient (Wildman–Crippen LogP) is 3.62. The second kappa shape index (κ2) is 7.44. The zero-order valence-corrected chi connectivity index (χ0v) is 16.1. The first-order valence-corrected chi connectivity index (χ1v) is 10.4. The van der Waals surface area contributed by atoms with Crippen LogP contribution in [0.2, 0.25) is 0 Å². The maximum atomic E-state index is 12.3. The number of hydrogen-bond acceptors (Lipinski definition) is 7. The molecule has 1 amide bonds. The number of thiazole rings is 1. The second-order valence-electron chi connectivity index (χ2n) is 5.26. The summed E-state index contributed by atoms with van der Waals surface area (Å²) in [6.07, 6.45) is 3.81. The summed E-state index contributed by atoms with van der Waals surface area (Å²) in [7, 11) is 0. The number of carbonyl (C=O) groups excluding carboxylic acids is 1. The van der Waals surface area contributed by atoms with Crippen molar-refractivity contribution in [2.45, 2.75) is 12.1 Å². The summed E-state index contributed by atoms with van der Waals surface area (Å²) >= 11 is 4.38. The molecule has 0 aromatic carbocycles. The van der Waals surface area contributed by atoms with Crippen molar-refractivity contribution >= 4 is 45.5 Å². The molecule has 0 aliphatic rings. The Kier molecular flexibility index (Phi) is 4.87. The largest absolute Gasteiger partial charge is 0.301 e. The maximum Gasteiger partial charge on any atom is 0.236 e. The fourth-order valence-corrected chi connectivity index (χ4v) is 4.57. The van der Waals surface area contributed by atoms with Gasteiger partial charge in [0.1, 0.15) is 0 Å². The molecule has 0 bridgehead atoms. The second-order valence-corrected chi connectivity index (χ2v) is 8.00. The van der Waals surface area contributed by atoms with Crippen LogP contribution in [0.3, 0.4) is 0 Å². The molecule has 0 fully saturated rings. The van der Waals surface area contributed by atoms with Gasteiger partial charge in [-0.05, 0) is 30.5 Å². The summed E-state index contributed by atoms with van der Waals surface area (Å²) in [6.45, 7) is 1.87. The molecule has 0 spiro atoms. The fourth-order valence-electron chi connectivity index (χ4n) is 2.31. The van der Waals surface area contributed by atoms with E-state index in [0.717, 1.165) is 16.4 Å². The van der Waals surface area contributed by atoms with E-state index >= 15 is 0 Å². The lowest BCUT2D eigenvalue weighted by molar-refractivity contribution is -0.113. The van der Waals surface area contributed by atoms with E-state index in [9.17, 15) is 4.79 Å². The molecule has 0 atom stereocenters. The third-order valence-electron chi connectivity index (χ3n) is 3.44. The molecule has 7 nitrogen and oxygen atoms in total. The number of hydrogen-bond donors (Lipinski definition) is 1. The van der Waals surface area contributed by atoms with E-state index in [4.69, 9.17) is 0 Å². The van der Waals surface area contributed by atoms with Crippen LogP contribution in [0.5, 0.6) is 0 Å². The molecule has 0 unspecified atom stereocenters. The van der Waals surface area contributed by atoms with Crippen molar-refractivity contribution in [3.05, 3.63) is 53.2 Å². The number of rotatable bonds is 6. The van der Waals surface area contributed by atoms with Crippen LogP contribution >= 0.6 is 34.4 Å². The predicted molar refractivity (Wildman–Crippen MR) is 105 cm³/mol. The summed E-state index contributed by atoms with van der Waals surface area (Å²) in [5.74, 6) is 0.860. The zero-order valence-electron chi connectivity index (χ0n) is 13.7. The van der Waals surface area contributed by atoms with Crippen molar-refractivity contribution < 1.29 is 4.79 Å². The number of thioether (sulfide) groups is 1. The highest BCUT2D eigenvalue weighted by molar-refractivity contribution is 7.99. The molecule has 10 heteroatoms. The number of amides is 1. The topological polar surface area (TPSA) is 77.6 Å². The molecule has 4 aromatic rings. The van der Waals surface area contributed by atoms with E-state index in [0.29, 0.717) is 10.3 Å². The summed E-state index contributed by atoms with van der Waals surface area (Å²) in [4.78, 5) is 17.8. The van der Waals surface area contributed by atoms with Gasteiger partial charge < -0.3 is 5.32 Å². The highest BCUT2D eigenvalue weighted by Gasteiger charge is 2.14. The van der Waals surface area contributed by atoms with Crippen molar-refractivity contribution in [1.82, 2.24) is 24.5 Å². The Morgan fingerprint density at radius 1 is 1.23 bits per heavy atom. The number of nitrogens with one attached hydrogen (secondary N) is 1. The molecular formula is C16H14N6OS3. The van der Waals surface area contributed by atoms with Crippen LogP contribution in [-0.2, 0) is 4.79 Å². The number of carbonyl (C=O) groups is 1. The molecule has 4 rings (SSSR count). The van der Waals surface area contributed by atoms with Gasteiger partial charge in [0.2, 0.25) is 11.1 Å². The van der Waals surface area contributed by atoms with Gasteiger partial charge in [-0.3, -0.25) is 9.47 Å². The Hall–Kier alpha value is -2.43. The molecule has 1 N–H and O–H groups in total. The number of aromatic nitrogens is 5. The van der Waals surface area contributed by atoms with Gasteiger partial charge in [-0.25, -0.2) is 9.66 Å². The van der Waals surface area contributed by atoms with Crippen LogP contribution < -0.4 is 5.32 Å². The van der Waals surface area contributed by atoms with Crippen LogP contribution in [0, 0.1) is 6.92 Å². The highest BCUT2D eigenvalue weighted by Crippen LogP contribution is 2.28. The molecule has 4 aromatic heterocycles. The van der Waals surface area contributed by atoms with Gasteiger partial charge in [-0.2, -0.15) is 0 Å². The molecule has 4 heterocycles. The molecule has 0 aliphatic heterocycles. The average molecular weight is 403 g/mol. The van der Waals surface area contributed by atoms with Crippen LogP contribution in [0.25, 0.3) is 10.6 Å². The number of nitrogens with zero attached hydrogens (tertiary/aromatic N) is 5. The SMILES string of the molecule is Cc1nnc(SCC(=O)Nc2nc(-c3cccs3)cs2)n1-n1cccc1. The standard InChI is InChI=1S/C16H14N6OS3/c1-11-19-20-16(22(11)21-6-2-3-7-21)26-10-14(23)18-15-17-12(9-25-15)13-5-4-8-24-13/h2-9H,10H2,1H3,(H,17,18,23). The van der Waals surface area contributed by atoms with E-state index < -0.39 is 0 Å². The first-order valence-electron chi connectivity index (χ1n) is 7.68. The molecule has 26 heavy (non-hydrogen) atoms. The summed E-state index contributed by atoms with van der Waals surface area (Å²) in [5, 5.41) is 16.3. The highest BCUT2D eigenvalue weighted by atomic mass is 32.2. The third-order valence-corrected chi connectivity index (χ3v) is 6.01. The van der Waals surface area contributed by atoms with Gasteiger partial charge >= 0.3 is 0 Å². The number of thiophene rings is 1. The van der Waals surface area contributed by atoms with Crippen molar-refractivity contribution in [2.24, 2.45) is 0 Å². The lowest BCUT2D eigenvalue weighted by Crippen LogP contribution is -2.15. The van der Waals surface area contributed by atoms with E-state index in [2.05, 4.69) is 20.5 Å². The normalized spacial score (nSPS) is 11.0. The minimum atomic E-state index is -0.123. The molecule has 0 aliphatic carbocycles. The van der Waals surface area contributed by atoms with Gasteiger partial charge in [0.25, 0.3) is 0 Å². The molecule has 132 valence electrons. The van der Waals surface area contributed by atoms with E-state index in [-0.39, 0.29) is 11.7 Å². The van der Waals surface area contributed by atoms with Gasteiger partial charge in [0, 0.05) is 17.8 Å². The average Bonchev–Trinajstić information content (AvgIpc) is 3.40. The lowest BCUT2D eigenvalue weighted by Gasteiger charge is -2.08. The van der Waals surface area contributed by atoms with Gasteiger partial charge in [-0.15, -0.1) is 32.9 Å². The zero-order chi connectivity index (χ0) is 17.9. The van der Waals surface area contributed by atoms with Crippen molar-refractivity contribution in [3.8, 4) is 10.6 Å². The Bertz CT molecular complexity index is 1000. The van der Waals surface area contributed by atoms with Crippen molar-refractivity contribution in [3.63, 3.8) is 0 Å². The van der Waals surface area contributed by atoms with Crippen LogP contribution in [0.4, 0.5) is 5.13 Å². The van der Waals surface area contributed by atoms with E-state index in [1.807, 2.05) is 63.7 Å². The Labute approximate surface area is 161 Å². The third kappa shape index (κ3) is 3.57. The quantitative estimate of drug-likeness (QED) is 0.499. The van der Waals surface area contributed by atoms with Gasteiger partial charge in [0.05, 0.1) is 16.3 Å². The van der Waals surface area contributed by atoms with Gasteiger partial charge in [-0.1, -0.05) is 17.8 Å². The van der Waals surface area contributed by atoms with E-state index in [1.165, 1.54) is 23.1 Å². The minimum Gasteiger partial charge on any atom is -0.301 e. The molecule has 0 saturated heterocycles. The Morgan fingerprint density at radius 2 is 2.08 bits per heavy atom. The van der Waals surface area contributed by atoms with Crippen molar-refractivity contribution in [2.75, 3.05) is 11.1 Å². The van der Waals surface area contributed by atoms with Gasteiger partial charge in [0.15, 0.2) is 11.0 Å². The summed E-state index contributed by atoms with van der Waals surface area (Å²) < 4.78 is 3.74. The lowest BCUT2D eigenvalue weighted by atomic mass is 10.4. The minimum absolute atomic E-state index is 0.123. The summed E-state index contributed by atoms with van der Waals surface area (Å²) in [6, 6.07) is 7.84. The summed E-state index contributed by atoms with van der Waals surface area (Å²) in [5.41, 5.74) is 0.885. The number of aryl methyl sites for hydroxylation is 1. The molecule has 0 radical (unpaired) electrons. The van der Waals surface area contributed by atoms with Crippen molar-refractivity contribution in [1.29, 1.82) is 0 Å². The van der Waals surface area contributed by atoms with Crippen LogP contribution in [0.15, 0.2) is 52.6 Å². The maximum absolute atomic E-state index is 12.3. The Morgan fingerprint density at radius 3 is 2.85 bits per heavy atom. The molecule has 0 saturated carbocycles. The first kappa shape index (κ1) is 17.0. The van der Waals surface area contributed by atoms with Crippen LogP contribution in [0.1, 0.15) is 5.82 Å². The number of anilines is 1. The van der Waals surface area contributed by atoms with E-state index in [1.54, 1.807) is 11.3 Å². The smallest absolute Gasteiger partial charge is 0.236 e.